The van der Waals surface area contributed by atoms with Gasteiger partial charge in [-0.15, -0.1) is 0 Å². The maximum atomic E-state index is 13.3. The van der Waals surface area contributed by atoms with Crippen LogP contribution < -0.4 is 5.32 Å². The molecule has 0 saturated carbocycles. The average Bonchev–Trinajstić information content (AvgIpc) is 1.80. The molecule has 0 spiro atoms. The Morgan fingerprint density at radius 1 is 1.31 bits per heavy atom. The number of amides is 1. The number of carbonyl (C=O) groups excluding carboxylic acids is 1. The lowest BCUT2D eigenvalue weighted by Crippen LogP contribution is -2.30. The van der Waals surface area contributed by atoms with Crippen LogP contribution in [0.4, 0.5) is 4.39 Å². The van der Waals surface area contributed by atoms with E-state index in [1.807, 2.05) is 13.8 Å². The van der Waals surface area contributed by atoms with Gasteiger partial charge in [0.05, 0.1) is 0 Å². The molecule has 0 radical (unpaired) electrons. The largest absolute Gasteiger partial charge is 0.359 e. The van der Waals surface area contributed by atoms with Crippen LogP contribution in [-0.2, 0) is 4.79 Å². The van der Waals surface area contributed by atoms with Gasteiger partial charge in [0, 0.05) is 13.5 Å². The van der Waals surface area contributed by atoms with Gasteiger partial charge in [-0.1, -0.05) is 13.8 Å². The highest BCUT2D eigenvalue weighted by Gasteiger charge is 2.30. The number of nitrogens with one attached hydrogen (secondary N) is 1. The van der Waals surface area contributed by atoms with Gasteiger partial charge >= 0.3 is 0 Å². The minimum atomic E-state index is -1.21. The first kappa shape index (κ1) is 12.4. The Kier molecular flexibility index (Phi) is 3.88. The fourth-order valence-corrected chi connectivity index (χ4v) is 1.72. The molecule has 0 aliphatic heterocycles. The van der Waals surface area contributed by atoms with Gasteiger partial charge in [-0.25, -0.2) is 4.39 Å². The standard InChI is InChI=1S/C10H20FNO/c1-9(2,6-8(13)12-5)7-10(3,4)11/h6-7H2,1-5H3,(H,12,13). The average molecular weight is 189 g/mol. The maximum absolute atomic E-state index is 13.3. The van der Waals surface area contributed by atoms with Crippen LogP contribution in [0, 0.1) is 5.41 Å². The van der Waals surface area contributed by atoms with E-state index in [0.717, 1.165) is 0 Å². The van der Waals surface area contributed by atoms with E-state index in [9.17, 15) is 9.18 Å². The van der Waals surface area contributed by atoms with E-state index in [1.165, 1.54) is 0 Å². The summed E-state index contributed by atoms with van der Waals surface area (Å²) in [4.78, 5) is 11.1. The van der Waals surface area contributed by atoms with Crippen molar-refractivity contribution in [3.05, 3.63) is 0 Å². The second-order valence-corrected chi connectivity index (χ2v) is 4.91. The molecule has 3 heteroatoms. The van der Waals surface area contributed by atoms with Gasteiger partial charge in [0.25, 0.3) is 0 Å². The van der Waals surface area contributed by atoms with Crippen LogP contribution in [0.1, 0.15) is 40.5 Å². The first-order valence-electron chi connectivity index (χ1n) is 4.56. The van der Waals surface area contributed by atoms with E-state index in [0.29, 0.717) is 12.8 Å². The Labute approximate surface area is 79.9 Å². The summed E-state index contributed by atoms with van der Waals surface area (Å²) >= 11 is 0. The molecule has 0 rings (SSSR count). The third-order valence-electron chi connectivity index (χ3n) is 1.82. The fourth-order valence-electron chi connectivity index (χ4n) is 1.72. The molecule has 0 aromatic rings. The van der Waals surface area contributed by atoms with Crippen LogP contribution in [0.2, 0.25) is 0 Å². The second-order valence-electron chi connectivity index (χ2n) is 4.91. The van der Waals surface area contributed by atoms with Crippen molar-refractivity contribution in [2.45, 2.75) is 46.2 Å². The minimum absolute atomic E-state index is 0.0331. The van der Waals surface area contributed by atoms with E-state index in [4.69, 9.17) is 0 Å². The van der Waals surface area contributed by atoms with Crippen molar-refractivity contribution in [2.24, 2.45) is 5.41 Å². The highest BCUT2D eigenvalue weighted by Crippen LogP contribution is 2.32. The third-order valence-corrected chi connectivity index (χ3v) is 1.82. The zero-order valence-electron chi connectivity index (χ0n) is 9.20. The first-order valence-corrected chi connectivity index (χ1v) is 4.56. The van der Waals surface area contributed by atoms with Gasteiger partial charge in [0.1, 0.15) is 5.67 Å². The lowest BCUT2D eigenvalue weighted by Gasteiger charge is -2.29. The molecule has 0 atom stereocenters. The van der Waals surface area contributed by atoms with Crippen LogP contribution >= 0.6 is 0 Å². The molecular formula is C10H20FNO. The quantitative estimate of drug-likeness (QED) is 0.722. The molecule has 1 amide bonds. The first-order chi connectivity index (χ1) is 5.66. The molecule has 13 heavy (non-hydrogen) atoms. The van der Waals surface area contributed by atoms with Gasteiger partial charge in [-0.2, -0.15) is 0 Å². The highest BCUT2D eigenvalue weighted by atomic mass is 19.1. The van der Waals surface area contributed by atoms with Gasteiger partial charge < -0.3 is 5.32 Å². The van der Waals surface area contributed by atoms with Crippen molar-refractivity contribution in [1.29, 1.82) is 0 Å². The molecule has 0 fully saturated rings. The van der Waals surface area contributed by atoms with Crippen LogP contribution in [0.15, 0.2) is 0 Å². The highest BCUT2D eigenvalue weighted by molar-refractivity contribution is 5.76. The Bertz CT molecular complexity index is 182. The Balaban J connectivity index is 4.16. The van der Waals surface area contributed by atoms with Crippen LogP contribution in [0.5, 0.6) is 0 Å². The molecule has 0 bridgehead atoms. The topological polar surface area (TPSA) is 29.1 Å². The molecule has 0 heterocycles. The Hall–Kier alpha value is -0.600. The number of carbonyl (C=O) groups is 1. The Morgan fingerprint density at radius 3 is 2.08 bits per heavy atom. The smallest absolute Gasteiger partial charge is 0.220 e. The van der Waals surface area contributed by atoms with Crippen molar-refractivity contribution < 1.29 is 9.18 Å². The summed E-state index contributed by atoms with van der Waals surface area (Å²) in [5, 5.41) is 2.55. The van der Waals surface area contributed by atoms with Crippen molar-refractivity contribution in [3.8, 4) is 0 Å². The molecule has 2 nitrogen and oxygen atoms in total. The normalized spacial score (nSPS) is 12.8. The lowest BCUT2D eigenvalue weighted by atomic mass is 9.80. The third kappa shape index (κ3) is 6.55. The van der Waals surface area contributed by atoms with Crippen molar-refractivity contribution >= 4 is 5.91 Å². The number of rotatable bonds is 4. The molecule has 1 N–H and O–H groups in total. The van der Waals surface area contributed by atoms with Crippen molar-refractivity contribution in [1.82, 2.24) is 5.32 Å². The van der Waals surface area contributed by atoms with E-state index < -0.39 is 5.67 Å². The van der Waals surface area contributed by atoms with Crippen LogP contribution in [0.3, 0.4) is 0 Å². The van der Waals surface area contributed by atoms with E-state index in [1.54, 1.807) is 20.9 Å². The number of halogens is 1. The monoisotopic (exact) mass is 189 g/mol. The van der Waals surface area contributed by atoms with Crippen LogP contribution in [0.25, 0.3) is 0 Å². The number of alkyl halides is 1. The minimum Gasteiger partial charge on any atom is -0.359 e. The molecular weight excluding hydrogens is 169 g/mol. The number of hydrogen-bond acceptors (Lipinski definition) is 1. The molecule has 0 aromatic carbocycles. The summed E-state index contributed by atoms with van der Waals surface area (Å²) in [5.41, 5.74) is -1.49. The van der Waals surface area contributed by atoms with Gasteiger partial charge in [-0.05, 0) is 25.7 Å². The van der Waals surface area contributed by atoms with Gasteiger partial charge in [-0.3, -0.25) is 4.79 Å². The van der Waals surface area contributed by atoms with E-state index in [-0.39, 0.29) is 11.3 Å². The summed E-state index contributed by atoms with van der Waals surface area (Å²) in [5.74, 6) is -0.0331. The molecule has 0 aromatic heterocycles. The zero-order chi connectivity index (χ0) is 10.7. The van der Waals surface area contributed by atoms with Crippen LogP contribution in [-0.4, -0.2) is 18.6 Å². The predicted molar refractivity (Wildman–Crippen MR) is 52.3 cm³/mol. The maximum Gasteiger partial charge on any atom is 0.220 e. The lowest BCUT2D eigenvalue weighted by molar-refractivity contribution is -0.122. The fraction of sp³-hybridized carbons (Fsp3) is 0.900. The van der Waals surface area contributed by atoms with Gasteiger partial charge in [0.15, 0.2) is 0 Å². The van der Waals surface area contributed by atoms with E-state index >= 15 is 0 Å². The Morgan fingerprint density at radius 2 is 1.77 bits per heavy atom. The van der Waals surface area contributed by atoms with Crippen molar-refractivity contribution in [3.63, 3.8) is 0 Å². The summed E-state index contributed by atoms with van der Waals surface area (Å²) in [6, 6.07) is 0. The summed E-state index contributed by atoms with van der Waals surface area (Å²) in [6.45, 7) is 6.89. The molecule has 0 aliphatic rings. The summed E-state index contributed by atoms with van der Waals surface area (Å²) in [6.07, 6.45) is 0.768. The van der Waals surface area contributed by atoms with E-state index in [2.05, 4.69) is 5.32 Å². The predicted octanol–water partition coefficient (Wildman–Crippen LogP) is 2.29. The number of hydrogen-bond donors (Lipinski definition) is 1. The molecule has 0 aliphatic carbocycles. The van der Waals surface area contributed by atoms with Gasteiger partial charge in [0.2, 0.25) is 5.91 Å². The molecule has 0 unspecified atom stereocenters. The summed E-state index contributed by atoms with van der Waals surface area (Å²) < 4.78 is 13.3. The molecule has 78 valence electrons. The van der Waals surface area contributed by atoms with Crippen molar-refractivity contribution in [2.75, 3.05) is 7.05 Å². The summed E-state index contributed by atoms with van der Waals surface area (Å²) in [7, 11) is 1.60. The second kappa shape index (κ2) is 4.07. The zero-order valence-corrected chi connectivity index (χ0v) is 9.20. The molecule has 0 saturated heterocycles. The SMILES string of the molecule is CNC(=O)CC(C)(C)CC(C)(C)F.